The van der Waals surface area contributed by atoms with Gasteiger partial charge in [0.25, 0.3) is 0 Å². The first kappa shape index (κ1) is 13.7. The van der Waals surface area contributed by atoms with Gasteiger partial charge in [-0.25, -0.2) is 9.97 Å². The lowest BCUT2D eigenvalue weighted by Crippen LogP contribution is -2.07. The van der Waals surface area contributed by atoms with Gasteiger partial charge in [0.05, 0.1) is 12.2 Å². The van der Waals surface area contributed by atoms with E-state index in [2.05, 4.69) is 15.3 Å². The Morgan fingerprint density at radius 1 is 1.29 bits per heavy atom. The number of nitrogens with zero attached hydrogens (tertiary/aromatic N) is 2. The van der Waals surface area contributed by atoms with Crippen LogP contribution in [0.15, 0.2) is 6.33 Å². The Morgan fingerprint density at radius 2 is 2.12 bits per heavy atom. The molecule has 0 aliphatic rings. The van der Waals surface area contributed by atoms with Crippen molar-refractivity contribution >= 4 is 5.82 Å². The van der Waals surface area contributed by atoms with E-state index in [-0.39, 0.29) is 6.61 Å². The number of nitrogens with one attached hydrogen (secondary N) is 1. The highest BCUT2D eigenvalue weighted by molar-refractivity contribution is 5.47. The summed E-state index contributed by atoms with van der Waals surface area (Å²) < 4.78 is 5.40. The quantitative estimate of drug-likeness (QED) is 0.677. The number of hydrogen-bond donors (Lipinski definition) is 2. The smallest absolute Gasteiger partial charge is 0.221 e. The molecule has 5 heteroatoms. The molecule has 0 aliphatic carbocycles. The Kier molecular flexibility index (Phi) is 6.32. The second kappa shape index (κ2) is 7.84. The van der Waals surface area contributed by atoms with Crippen molar-refractivity contribution in [2.24, 2.45) is 0 Å². The van der Waals surface area contributed by atoms with Crippen LogP contribution in [0.2, 0.25) is 0 Å². The minimum absolute atomic E-state index is 0.265. The van der Waals surface area contributed by atoms with E-state index in [1.54, 1.807) is 0 Å². The van der Waals surface area contributed by atoms with Gasteiger partial charge < -0.3 is 15.2 Å². The van der Waals surface area contributed by atoms with Crippen molar-refractivity contribution < 1.29 is 9.84 Å². The van der Waals surface area contributed by atoms with Gasteiger partial charge in [0.1, 0.15) is 12.1 Å². The van der Waals surface area contributed by atoms with Crippen LogP contribution in [-0.4, -0.2) is 34.8 Å². The van der Waals surface area contributed by atoms with Crippen molar-refractivity contribution in [3.8, 4) is 5.88 Å². The first-order chi connectivity index (χ1) is 8.29. The largest absolute Gasteiger partial charge is 0.478 e. The number of rotatable bonds is 8. The summed E-state index contributed by atoms with van der Waals surface area (Å²) in [6.07, 6.45) is 4.41. The third-order valence-corrected chi connectivity index (χ3v) is 2.45. The summed E-state index contributed by atoms with van der Waals surface area (Å²) in [6, 6.07) is 0. The second-order valence-electron chi connectivity index (χ2n) is 3.80. The van der Waals surface area contributed by atoms with E-state index in [1.165, 1.54) is 6.33 Å². The zero-order valence-electron chi connectivity index (χ0n) is 10.6. The van der Waals surface area contributed by atoms with Crippen molar-refractivity contribution in [2.45, 2.75) is 33.1 Å². The number of aromatic nitrogens is 2. The third-order valence-electron chi connectivity index (χ3n) is 2.45. The van der Waals surface area contributed by atoms with Gasteiger partial charge in [0.2, 0.25) is 5.88 Å². The standard InChI is InChI=1S/C12H21N3O2/c1-3-17-12-10(2)11(14-9-15-12)13-7-5-4-6-8-16/h9,16H,3-8H2,1-2H3,(H,13,14,15). The van der Waals surface area contributed by atoms with Gasteiger partial charge in [-0.2, -0.15) is 0 Å². The molecule has 0 radical (unpaired) electrons. The van der Waals surface area contributed by atoms with Crippen LogP contribution < -0.4 is 10.1 Å². The molecule has 0 saturated heterocycles. The predicted molar refractivity (Wildman–Crippen MR) is 67.4 cm³/mol. The minimum atomic E-state index is 0.265. The molecule has 1 aromatic heterocycles. The highest BCUT2D eigenvalue weighted by atomic mass is 16.5. The van der Waals surface area contributed by atoms with E-state index in [0.717, 1.165) is 37.2 Å². The second-order valence-corrected chi connectivity index (χ2v) is 3.80. The highest BCUT2D eigenvalue weighted by Gasteiger charge is 2.06. The maximum atomic E-state index is 8.66. The molecule has 0 aliphatic heterocycles. The molecule has 1 rings (SSSR count). The van der Waals surface area contributed by atoms with E-state index >= 15 is 0 Å². The van der Waals surface area contributed by atoms with Crippen LogP contribution in [0, 0.1) is 6.92 Å². The van der Waals surface area contributed by atoms with Gasteiger partial charge >= 0.3 is 0 Å². The molecule has 0 spiro atoms. The number of hydrogen-bond acceptors (Lipinski definition) is 5. The molecular formula is C12H21N3O2. The Bertz CT molecular complexity index is 332. The van der Waals surface area contributed by atoms with Crippen LogP contribution >= 0.6 is 0 Å². The Labute approximate surface area is 102 Å². The summed E-state index contributed by atoms with van der Waals surface area (Å²) >= 11 is 0. The van der Waals surface area contributed by atoms with Crippen molar-refractivity contribution in [3.63, 3.8) is 0 Å². The summed E-state index contributed by atoms with van der Waals surface area (Å²) in [4.78, 5) is 8.27. The maximum Gasteiger partial charge on any atom is 0.221 e. The lowest BCUT2D eigenvalue weighted by molar-refractivity contribution is 0.283. The molecule has 96 valence electrons. The van der Waals surface area contributed by atoms with Crippen LogP contribution in [0.4, 0.5) is 5.82 Å². The molecule has 0 bridgehead atoms. The molecule has 0 fully saturated rings. The maximum absolute atomic E-state index is 8.66. The van der Waals surface area contributed by atoms with E-state index in [1.807, 2.05) is 13.8 Å². The van der Waals surface area contributed by atoms with Crippen molar-refractivity contribution in [1.29, 1.82) is 0 Å². The van der Waals surface area contributed by atoms with Gasteiger partial charge in [0, 0.05) is 13.2 Å². The predicted octanol–water partition coefficient (Wildman–Crippen LogP) is 1.76. The topological polar surface area (TPSA) is 67.3 Å². The normalized spacial score (nSPS) is 10.3. The first-order valence-electron chi connectivity index (χ1n) is 6.08. The number of aliphatic hydroxyl groups is 1. The van der Waals surface area contributed by atoms with E-state index in [4.69, 9.17) is 9.84 Å². The molecule has 0 saturated carbocycles. The molecule has 0 unspecified atom stereocenters. The summed E-state index contributed by atoms with van der Waals surface area (Å²) in [7, 11) is 0. The molecule has 1 heterocycles. The molecule has 0 atom stereocenters. The molecule has 1 aromatic rings. The average Bonchev–Trinajstić information content (AvgIpc) is 2.33. The summed E-state index contributed by atoms with van der Waals surface area (Å²) in [6.45, 7) is 5.60. The van der Waals surface area contributed by atoms with Gasteiger partial charge in [-0.3, -0.25) is 0 Å². The lowest BCUT2D eigenvalue weighted by atomic mass is 10.2. The van der Waals surface area contributed by atoms with Gasteiger partial charge in [-0.15, -0.1) is 0 Å². The number of anilines is 1. The molecule has 5 nitrogen and oxygen atoms in total. The van der Waals surface area contributed by atoms with E-state index in [9.17, 15) is 0 Å². The molecule has 2 N–H and O–H groups in total. The lowest BCUT2D eigenvalue weighted by Gasteiger charge is -2.11. The van der Waals surface area contributed by atoms with Crippen LogP contribution in [0.25, 0.3) is 0 Å². The van der Waals surface area contributed by atoms with Gasteiger partial charge in [0.15, 0.2) is 0 Å². The van der Waals surface area contributed by atoms with Crippen molar-refractivity contribution in [3.05, 3.63) is 11.9 Å². The van der Waals surface area contributed by atoms with E-state index < -0.39 is 0 Å². The SMILES string of the molecule is CCOc1ncnc(NCCCCCO)c1C. The fourth-order valence-corrected chi connectivity index (χ4v) is 1.51. The van der Waals surface area contributed by atoms with E-state index in [0.29, 0.717) is 12.5 Å². The van der Waals surface area contributed by atoms with Crippen LogP contribution in [-0.2, 0) is 0 Å². The third kappa shape index (κ3) is 4.56. The fraction of sp³-hybridized carbons (Fsp3) is 0.667. The van der Waals surface area contributed by atoms with Crippen LogP contribution in [0.1, 0.15) is 31.7 Å². The number of ether oxygens (including phenoxy) is 1. The molecule has 0 amide bonds. The van der Waals surface area contributed by atoms with Gasteiger partial charge in [-0.1, -0.05) is 0 Å². The summed E-state index contributed by atoms with van der Waals surface area (Å²) in [5, 5.41) is 11.9. The zero-order chi connectivity index (χ0) is 12.5. The zero-order valence-corrected chi connectivity index (χ0v) is 10.6. The monoisotopic (exact) mass is 239 g/mol. The number of aliphatic hydroxyl groups excluding tert-OH is 1. The molecular weight excluding hydrogens is 218 g/mol. The van der Waals surface area contributed by atoms with Crippen molar-refractivity contribution in [1.82, 2.24) is 9.97 Å². The average molecular weight is 239 g/mol. The Morgan fingerprint density at radius 3 is 2.82 bits per heavy atom. The number of unbranched alkanes of at least 4 members (excludes halogenated alkanes) is 2. The molecule has 17 heavy (non-hydrogen) atoms. The first-order valence-corrected chi connectivity index (χ1v) is 6.08. The minimum Gasteiger partial charge on any atom is -0.478 e. The van der Waals surface area contributed by atoms with Gasteiger partial charge in [-0.05, 0) is 33.1 Å². The summed E-state index contributed by atoms with van der Waals surface area (Å²) in [5.74, 6) is 1.47. The highest BCUT2D eigenvalue weighted by Crippen LogP contribution is 2.20. The Balaban J connectivity index is 2.44. The van der Waals surface area contributed by atoms with Crippen LogP contribution in [0.3, 0.4) is 0 Å². The Hall–Kier alpha value is -1.36. The summed E-state index contributed by atoms with van der Waals surface area (Å²) in [5.41, 5.74) is 0.941. The van der Waals surface area contributed by atoms with Crippen molar-refractivity contribution in [2.75, 3.05) is 25.1 Å². The van der Waals surface area contributed by atoms with Crippen LogP contribution in [0.5, 0.6) is 5.88 Å². The fourth-order valence-electron chi connectivity index (χ4n) is 1.51. The molecule has 0 aromatic carbocycles.